The van der Waals surface area contributed by atoms with Gasteiger partial charge in [0.05, 0.1) is 5.56 Å². The van der Waals surface area contributed by atoms with Gasteiger partial charge in [0.15, 0.2) is 0 Å². The van der Waals surface area contributed by atoms with E-state index in [4.69, 9.17) is 5.11 Å². The van der Waals surface area contributed by atoms with E-state index in [-0.39, 0.29) is 5.56 Å². The quantitative estimate of drug-likeness (QED) is 0.782. The van der Waals surface area contributed by atoms with Crippen molar-refractivity contribution >= 4 is 5.97 Å². The molecule has 0 saturated carbocycles. The van der Waals surface area contributed by atoms with Gasteiger partial charge in [0.2, 0.25) is 0 Å². The lowest BCUT2D eigenvalue weighted by Crippen LogP contribution is -2.36. The number of halogens is 1. The molecular formula is C17H26FNO2. The van der Waals surface area contributed by atoms with Crippen molar-refractivity contribution in [1.82, 2.24) is 4.90 Å². The molecule has 0 bridgehead atoms. The van der Waals surface area contributed by atoms with Crippen LogP contribution in [0.25, 0.3) is 0 Å². The van der Waals surface area contributed by atoms with E-state index in [0.717, 1.165) is 24.9 Å². The summed E-state index contributed by atoms with van der Waals surface area (Å²) in [6.45, 7) is 10.3. The molecule has 0 heterocycles. The normalized spacial score (nSPS) is 11.6. The summed E-state index contributed by atoms with van der Waals surface area (Å²) in [5.41, 5.74) is 0.600. The Balaban J connectivity index is 2.97. The smallest absolute Gasteiger partial charge is 0.338 e. The van der Waals surface area contributed by atoms with Gasteiger partial charge in [-0.3, -0.25) is 4.90 Å². The standard InChI is InChI=1S/C17H26FNO2/c1-5-14(6-2)19(10-12(3)4)11-13-7-8-16(18)15(9-13)17(20)21/h7-9,12,14H,5-6,10-11H2,1-4H3,(H,20,21). The van der Waals surface area contributed by atoms with Crippen molar-refractivity contribution in [2.45, 2.75) is 53.1 Å². The van der Waals surface area contributed by atoms with Crippen molar-refractivity contribution in [3.8, 4) is 0 Å². The average Bonchev–Trinajstić information content (AvgIpc) is 2.41. The number of carboxylic acids is 1. The third-order valence-corrected chi connectivity index (χ3v) is 3.71. The van der Waals surface area contributed by atoms with Crippen LogP contribution in [0, 0.1) is 11.7 Å². The van der Waals surface area contributed by atoms with E-state index < -0.39 is 11.8 Å². The van der Waals surface area contributed by atoms with E-state index in [2.05, 4.69) is 32.6 Å². The van der Waals surface area contributed by atoms with Gasteiger partial charge in [-0.15, -0.1) is 0 Å². The molecule has 0 radical (unpaired) electrons. The lowest BCUT2D eigenvalue weighted by atomic mass is 10.0. The van der Waals surface area contributed by atoms with Crippen molar-refractivity contribution in [3.05, 3.63) is 35.1 Å². The molecule has 0 atom stereocenters. The highest BCUT2D eigenvalue weighted by atomic mass is 19.1. The molecule has 0 aliphatic carbocycles. The van der Waals surface area contributed by atoms with Crippen molar-refractivity contribution in [1.29, 1.82) is 0 Å². The van der Waals surface area contributed by atoms with Crippen LogP contribution in [-0.2, 0) is 6.54 Å². The number of carbonyl (C=O) groups is 1. The third-order valence-electron chi connectivity index (χ3n) is 3.71. The first-order chi connectivity index (χ1) is 9.88. The molecule has 0 fully saturated rings. The number of hydrogen-bond donors (Lipinski definition) is 1. The monoisotopic (exact) mass is 295 g/mol. The van der Waals surface area contributed by atoms with Crippen LogP contribution in [0.1, 0.15) is 56.5 Å². The van der Waals surface area contributed by atoms with E-state index in [9.17, 15) is 9.18 Å². The molecule has 0 unspecified atom stereocenters. The predicted molar refractivity (Wildman–Crippen MR) is 83.0 cm³/mol. The molecule has 1 rings (SSSR count). The van der Waals surface area contributed by atoms with Crippen molar-refractivity contribution in [3.63, 3.8) is 0 Å². The number of aromatic carboxylic acids is 1. The maximum atomic E-state index is 13.5. The first-order valence-electron chi connectivity index (χ1n) is 7.64. The molecule has 21 heavy (non-hydrogen) atoms. The minimum atomic E-state index is -1.22. The highest BCUT2D eigenvalue weighted by Crippen LogP contribution is 2.18. The maximum absolute atomic E-state index is 13.5. The topological polar surface area (TPSA) is 40.5 Å². The zero-order chi connectivity index (χ0) is 16.0. The van der Waals surface area contributed by atoms with Crippen LogP contribution < -0.4 is 0 Å². The Kier molecular flexibility index (Phi) is 6.82. The molecule has 4 heteroatoms. The summed E-state index contributed by atoms with van der Waals surface area (Å²) in [6, 6.07) is 4.84. The molecule has 0 aliphatic rings. The molecule has 0 spiro atoms. The minimum absolute atomic E-state index is 0.249. The summed E-state index contributed by atoms with van der Waals surface area (Å²) in [5.74, 6) is -1.36. The van der Waals surface area contributed by atoms with Gasteiger partial charge in [-0.2, -0.15) is 0 Å². The summed E-state index contributed by atoms with van der Waals surface area (Å²) in [7, 11) is 0. The zero-order valence-electron chi connectivity index (χ0n) is 13.4. The Morgan fingerprint density at radius 1 is 1.29 bits per heavy atom. The second-order valence-corrected chi connectivity index (χ2v) is 5.91. The van der Waals surface area contributed by atoms with Crippen LogP contribution in [0.5, 0.6) is 0 Å². The Morgan fingerprint density at radius 3 is 2.38 bits per heavy atom. The van der Waals surface area contributed by atoms with Crippen LogP contribution in [0.4, 0.5) is 4.39 Å². The lowest BCUT2D eigenvalue weighted by Gasteiger charge is -2.32. The van der Waals surface area contributed by atoms with E-state index in [0.29, 0.717) is 18.5 Å². The first kappa shape index (κ1) is 17.6. The van der Waals surface area contributed by atoms with Crippen LogP contribution in [0.2, 0.25) is 0 Å². The number of rotatable bonds is 8. The average molecular weight is 295 g/mol. The van der Waals surface area contributed by atoms with Gasteiger partial charge in [-0.25, -0.2) is 9.18 Å². The number of nitrogens with zero attached hydrogens (tertiary/aromatic N) is 1. The van der Waals surface area contributed by atoms with Gasteiger partial charge >= 0.3 is 5.97 Å². The number of hydrogen-bond acceptors (Lipinski definition) is 2. The van der Waals surface area contributed by atoms with Gasteiger partial charge < -0.3 is 5.11 Å². The molecular weight excluding hydrogens is 269 g/mol. The lowest BCUT2D eigenvalue weighted by molar-refractivity contribution is 0.0691. The van der Waals surface area contributed by atoms with Gasteiger partial charge in [0.25, 0.3) is 0 Å². The summed E-state index contributed by atoms with van der Waals surface area (Å²) in [6.07, 6.45) is 2.10. The number of carboxylic acid groups (broad SMARTS) is 1. The minimum Gasteiger partial charge on any atom is -0.478 e. The summed E-state index contributed by atoms with van der Waals surface area (Å²) in [5, 5.41) is 9.02. The van der Waals surface area contributed by atoms with E-state index in [1.807, 2.05) is 0 Å². The Labute approximate surface area is 126 Å². The molecule has 0 amide bonds. The van der Waals surface area contributed by atoms with Crippen LogP contribution in [0.15, 0.2) is 18.2 Å². The molecule has 0 aliphatic heterocycles. The van der Waals surface area contributed by atoms with Gasteiger partial charge in [0, 0.05) is 19.1 Å². The predicted octanol–water partition coefficient (Wildman–Crippen LogP) is 4.17. The molecule has 1 aromatic carbocycles. The van der Waals surface area contributed by atoms with Crippen molar-refractivity contribution in [2.75, 3.05) is 6.54 Å². The molecule has 0 aromatic heterocycles. The summed E-state index contributed by atoms with van der Waals surface area (Å²) in [4.78, 5) is 13.4. The van der Waals surface area contributed by atoms with Gasteiger partial charge in [0.1, 0.15) is 5.82 Å². The fourth-order valence-corrected chi connectivity index (χ4v) is 2.69. The van der Waals surface area contributed by atoms with Crippen LogP contribution >= 0.6 is 0 Å². The molecule has 1 N–H and O–H groups in total. The zero-order valence-corrected chi connectivity index (χ0v) is 13.4. The third kappa shape index (κ3) is 5.12. The second-order valence-electron chi connectivity index (χ2n) is 5.91. The first-order valence-corrected chi connectivity index (χ1v) is 7.64. The van der Waals surface area contributed by atoms with E-state index in [1.54, 1.807) is 6.07 Å². The van der Waals surface area contributed by atoms with Crippen molar-refractivity contribution in [2.24, 2.45) is 5.92 Å². The van der Waals surface area contributed by atoms with E-state index >= 15 is 0 Å². The van der Waals surface area contributed by atoms with Crippen LogP contribution in [-0.4, -0.2) is 28.6 Å². The molecule has 118 valence electrons. The Bertz CT molecular complexity index is 470. The maximum Gasteiger partial charge on any atom is 0.338 e. The largest absolute Gasteiger partial charge is 0.478 e. The highest BCUT2D eigenvalue weighted by Gasteiger charge is 2.18. The Morgan fingerprint density at radius 2 is 1.90 bits per heavy atom. The SMILES string of the molecule is CCC(CC)N(Cc1ccc(F)c(C(=O)O)c1)CC(C)C. The molecule has 1 aromatic rings. The summed E-state index contributed by atoms with van der Waals surface area (Å²) < 4.78 is 13.5. The fraction of sp³-hybridized carbons (Fsp3) is 0.588. The number of benzene rings is 1. The highest BCUT2D eigenvalue weighted by molar-refractivity contribution is 5.88. The van der Waals surface area contributed by atoms with Gasteiger partial charge in [-0.05, 0) is 36.5 Å². The second kappa shape index (κ2) is 8.13. The Hall–Kier alpha value is -1.42. The molecule has 3 nitrogen and oxygen atoms in total. The fourth-order valence-electron chi connectivity index (χ4n) is 2.69. The van der Waals surface area contributed by atoms with Crippen molar-refractivity contribution < 1.29 is 14.3 Å². The molecule has 0 saturated heterocycles. The van der Waals surface area contributed by atoms with E-state index in [1.165, 1.54) is 12.1 Å². The van der Waals surface area contributed by atoms with Crippen LogP contribution in [0.3, 0.4) is 0 Å². The van der Waals surface area contributed by atoms with Gasteiger partial charge in [-0.1, -0.05) is 33.8 Å². The summed E-state index contributed by atoms with van der Waals surface area (Å²) >= 11 is 0.